The molecule has 120 valence electrons. The Morgan fingerprint density at radius 3 is 2.82 bits per heavy atom. The van der Waals surface area contributed by atoms with Crippen molar-refractivity contribution in [1.82, 2.24) is 0 Å². The van der Waals surface area contributed by atoms with Gasteiger partial charge in [-0.25, -0.2) is 0 Å². The van der Waals surface area contributed by atoms with E-state index in [2.05, 4.69) is 19.9 Å². The van der Waals surface area contributed by atoms with Gasteiger partial charge in [-0.05, 0) is 60.3 Å². The normalized spacial score (nSPS) is 50.6. The second-order valence-electron chi connectivity index (χ2n) is 8.53. The van der Waals surface area contributed by atoms with Crippen LogP contribution in [0.4, 0.5) is 0 Å². The van der Waals surface area contributed by atoms with Crippen LogP contribution >= 0.6 is 0 Å². The molecule has 4 aliphatic carbocycles. The lowest BCUT2D eigenvalue weighted by Crippen LogP contribution is -2.52. The highest BCUT2D eigenvalue weighted by atomic mass is 16.3. The largest absolute Gasteiger partial charge is 0.512 e. The van der Waals surface area contributed by atoms with E-state index in [1.54, 1.807) is 0 Å². The zero-order valence-corrected chi connectivity index (χ0v) is 13.6. The van der Waals surface area contributed by atoms with Crippen molar-refractivity contribution in [2.24, 2.45) is 34.3 Å². The average molecular weight is 301 g/mol. The van der Waals surface area contributed by atoms with E-state index < -0.39 is 0 Å². The molecule has 0 aliphatic heterocycles. The molecule has 0 saturated heterocycles. The molecule has 2 fully saturated rings. The molecule has 0 amide bonds. The summed E-state index contributed by atoms with van der Waals surface area (Å²) in [5, 5.41) is 9.88. The van der Waals surface area contributed by atoms with Gasteiger partial charge in [-0.2, -0.15) is 0 Å². The predicted molar refractivity (Wildman–Crippen MR) is 86.2 cm³/mol. The number of carbonyl (C=O) groups is 1. The third-order valence-corrected chi connectivity index (χ3v) is 7.67. The van der Waals surface area contributed by atoms with Crippen molar-refractivity contribution in [1.29, 1.82) is 0 Å². The molecular formula is C19H27NO2. The predicted octanol–water partition coefficient (Wildman–Crippen LogP) is 3.51. The van der Waals surface area contributed by atoms with Crippen LogP contribution < -0.4 is 5.73 Å². The highest BCUT2D eigenvalue weighted by molar-refractivity contribution is 5.87. The van der Waals surface area contributed by atoms with Crippen LogP contribution in [0.15, 0.2) is 23.5 Å². The maximum Gasteiger partial charge on any atom is 0.150 e. The molecule has 0 aromatic heterocycles. The summed E-state index contributed by atoms with van der Waals surface area (Å²) in [4.78, 5) is 12.2. The molecule has 0 aromatic rings. The Balaban J connectivity index is 1.71. The average Bonchev–Trinajstić information content (AvgIpc) is 2.72. The van der Waals surface area contributed by atoms with Gasteiger partial charge < -0.3 is 10.8 Å². The Morgan fingerprint density at radius 1 is 1.27 bits per heavy atom. The van der Waals surface area contributed by atoms with Gasteiger partial charge in [0.15, 0.2) is 0 Å². The standard InChI is InChI=1S/C19H27NO2/c1-18-7-5-12(21)9-11(18)3-4-13-14(18)6-8-19(2)15(13)10-16(22)17(19)20/h3,5,13-15,17,21H,4,6-10,20H2,1-2H3/t13-,14+,15+,17+,18+,19+/m1/s1. The highest BCUT2D eigenvalue weighted by Gasteiger charge is 2.59. The molecule has 4 aliphatic rings. The Morgan fingerprint density at radius 2 is 2.05 bits per heavy atom. The summed E-state index contributed by atoms with van der Waals surface area (Å²) in [5.74, 6) is 2.46. The molecule has 2 saturated carbocycles. The lowest BCUT2D eigenvalue weighted by Gasteiger charge is -2.56. The quantitative estimate of drug-likeness (QED) is 0.673. The fraction of sp³-hybridized carbons (Fsp3) is 0.737. The van der Waals surface area contributed by atoms with Gasteiger partial charge in [0, 0.05) is 12.8 Å². The van der Waals surface area contributed by atoms with E-state index in [1.807, 2.05) is 6.08 Å². The van der Waals surface area contributed by atoms with Crippen LogP contribution in [0.1, 0.15) is 52.4 Å². The number of hydrogen-bond acceptors (Lipinski definition) is 3. The topological polar surface area (TPSA) is 63.3 Å². The molecule has 0 aromatic carbocycles. The number of rotatable bonds is 0. The summed E-state index contributed by atoms with van der Waals surface area (Å²) in [6, 6.07) is -0.257. The highest BCUT2D eigenvalue weighted by Crippen LogP contribution is 2.63. The molecule has 22 heavy (non-hydrogen) atoms. The molecule has 3 heteroatoms. The number of carbonyl (C=O) groups excluding carboxylic acids is 1. The van der Waals surface area contributed by atoms with Crippen molar-refractivity contribution in [3.05, 3.63) is 23.5 Å². The van der Waals surface area contributed by atoms with Crippen molar-refractivity contribution in [2.45, 2.75) is 58.4 Å². The van der Waals surface area contributed by atoms with Gasteiger partial charge in [0.2, 0.25) is 0 Å². The fourth-order valence-electron chi connectivity index (χ4n) is 6.14. The molecule has 0 bridgehead atoms. The maximum atomic E-state index is 12.2. The van der Waals surface area contributed by atoms with Gasteiger partial charge in [0.05, 0.1) is 11.8 Å². The van der Waals surface area contributed by atoms with Crippen LogP contribution in [0, 0.1) is 28.6 Å². The molecule has 3 nitrogen and oxygen atoms in total. The molecule has 3 N–H and O–H groups in total. The number of aliphatic hydroxyl groups excluding tert-OH is 1. The number of ketones is 1. The molecule has 6 atom stereocenters. The summed E-state index contributed by atoms with van der Waals surface area (Å²) in [6.07, 6.45) is 10.0. The van der Waals surface area contributed by atoms with Crippen molar-refractivity contribution >= 4 is 5.78 Å². The summed E-state index contributed by atoms with van der Waals surface area (Å²) < 4.78 is 0. The molecule has 0 heterocycles. The first kappa shape index (κ1) is 14.5. The van der Waals surface area contributed by atoms with Crippen LogP contribution in [0.3, 0.4) is 0 Å². The van der Waals surface area contributed by atoms with Gasteiger partial charge >= 0.3 is 0 Å². The lowest BCUT2D eigenvalue weighted by atomic mass is 9.48. The lowest BCUT2D eigenvalue weighted by molar-refractivity contribution is -0.119. The summed E-state index contributed by atoms with van der Waals surface area (Å²) >= 11 is 0. The van der Waals surface area contributed by atoms with Crippen molar-refractivity contribution in [3.8, 4) is 0 Å². The van der Waals surface area contributed by atoms with E-state index in [9.17, 15) is 9.90 Å². The van der Waals surface area contributed by atoms with E-state index in [0.717, 1.165) is 25.7 Å². The van der Waals surface area contributed by atoms with Crippen LogP contribution in [-0.2, 0) is 4.79 Å². The Bertz CT molecular complexity index is 592. The Kier molecular flexibility index (Phi) is 2.95. The first-order chi connectivity index (χ1) is 10.4. The second kappa shape index (κ2) is 4.47. The van der Waals surface area contributed by atoms with E-state index in [0.29, 0.717) is 29.9 Å². The Hall–Kier alpha value is -1.09. The van der Waals surface area contributed by atoms with Crippen LogP contribution in [0.5, 0.6) is 0 Å². The van der Waals surface area contributed by atoms with E-state index in [-0.39, 0.29) is 22.7 Å². The molecular weight excluding hydrogens is 274 g/mol. The van der Waals surface area contributed by atoms with Crippen molar-refractivity contribution in [2.75, 3.05) is 0 Å². The summed E-state index contributed by atoms with van der Waals surface area (Å²) in [6.45, 7) is 4.62. The number of fused-ring (bicyclic) bond motifs is 5. The zero-order valence-electron chi connectivity index (χ0n) is 13.6. The number of Topliss-reactive ketones (excluding diaryl/α,β-unsaturated/α-hetero) is 1. The smallest absolute Gasteiger partial charge is 0.150 e. The zero-order chi connectivity index (χ0) is 15.7. The third kappa shape index (κ3) is 1.69. The van der Waals surface area contributed by atoms with Gasteiger partial charge in [0.25, 0.3) is 0 Å². The number of nitrogens with two attached hydrogens (primary N) is 1. The number of allylic oxidation sites excluding steroid dienone is 3. The van der Waals surface area contributed by atoms with Gasteiger partial charge in [-0.1, -0.05) is 25.5 Å². The first-order valence-corrected chi connectivity index (χ1v) is 8.72. The van der Waals surface area contributed by atoms with Crippen LogP contribution in [0.2, 0.25) is 0 Å². The molecule has 0 unspecified atom stereocenters. The number of aliphatic hydroxyl groups is 1. The van der Waals surface area contributed by atoms with E-state index >= 15 is 0 Å². The monoisotopic (exact) mass is 301 g/mol. The molecule has 0 radical (unpaired) electrons. The van der Waals surface area contributed by atoms with Gasteiger partial charge in [-0.3, -0.25) is 4.79 Å². The molecule has 0 spiro atoms. The minimum Gasteiger partial charge on any atom is -0.512 e. The maximum absolute atomic E-state index is 12.2. The van der Waals surface area contributed by atoms with Gasteiger partial charge in [-0.15, -0.1) is 0 Å². The first-order valence-electron chi connectivity index (χ1n) is 8.72. The van der Waals surface area contributed by atoms with E-state index in [4.69, 9.17) is 5.73 Å². The second-order valence-corrected chi connectivity index (χ2v) is 8.53. The SMILES string of the molecule is C[C@]12CC[C@H]3[C@@H](CC=C4CC(O)=CC[C@@]43C)[C@@H]1CC(=O)[C@@H]2N. The number of hydrogen-bond donors (Lipinski definition) is 2. The minimum absolute atomic E-state index is 0.00655. The van der Waals surface area contributed by atoms with Crippen LogP contribution in [-0.4, -0.2) is 16.9 Å². The Labute approximate surface area is 132 Å². The summed E-state index contributed by atoms with van der Waals surface area (Å²) in [7, 11) is 0. The van der Waals surface area contributed by atoms with Crippen molar-refractivity contribution < 1.29 is 9.90 Å². The third-order valence-electron chi connectivity index (χ3n) is 7.67. The molecule has 4 rings (SSSR count). The van der Waals surface area contributed by atoms with E-state index in [1.165, 1.54) is 12.0 Å². The summed E-state index contributed by atoms with van der Waals surface area (Å²) in [5.41, 5.74) is 7.87. The van der Waals surface area contributed by atoms with Gasteiger partial charge in [0.1, 0.15) is 5.78 Å². The minimum atomic E-state index is -0.257. The van der Waals surface area contributed by atoms with Crippen LogP contribution in [0.25, 0.3) is 0 Å². The fourth-order valence-corrected chi connectivity index (χ4v) is 6.14. The van der Waals surface area contributed by atoms with Crippen molar-refractivity contribution in [3.63, 3.8) is 0 Å².